The van der Waals surface area contributed by atoms with Crippen LogP contribution in [0, 0.1) is 11.8 Å². The Kier molecular flexibility index (Phi) is 5.44. The van der Waals surface area contributed by atoms with Crippen LogP contribution in [-0.2, 0) is 4.79 Å². The number of nitrogens with one attached hydrogen (secondary N) is 1. The summed E-state index contributed by atoms with van der Waals surface area (Å²) in [7, 11) is 1.87. The van der Waals surface area contributed by atoms with Gasteiger partial charge in [-0.25, -0.2) is 0 Å². The van der Waals surface area contributed by atoms with Gasteiger partial charge >= 0.3 is 0 Å². The summed E-state index contributed by atoms with van der Waals surface area (Å²) in [6.45, 7) is 9.38. The van der Waals surface area contributed by atoms with E-state index < -0.39 is 0 Å². The van der Waals surface area contributed by atoms with Crippen molar-refractivity contribution < 1.29 is 4.79 Å². The molecule has 0 radical (unpaired) electrons. The Balaban J connectivity index is 2.54. The number of carbonyl (C=O) groups excluding carboxylic acids is 1. The summed E-state index contributed by atoms with van der Waals surface area (Å²) in [4.78, 5) is 13.8. The average Bonchev–Trinajstić information content (AvgIpc) is 2.31. The molecule has 3 atom stereocenters. The predicted molar refractivity (Wildman–Crippen MR) is 71.9 cm³/mol. The largest absolute Gasteiger partial charge is 0.345 e. The molecule has 0 aliphatic heterocycles. The molecular formula is C14H28N2O. The quantitative estimate of drug-likeness (QED) is 0.817. The van der Waals surface area contributed by atoms with E-state index in [2.05, 4.69) is 19.2 Å². The molecule has 3 unspecified atom stereocenters. The lowest BCUT2D eigenvalue weighted by molar-refractivity contribution is -0.132. The zero-order valence-corrected chi connectivity index (χ0v) is 12.0. The van der Waals surface area contributed by atoms with E-state index in [1.807, 2.05) is 20.9 Å². The van der Waals surface area contributed by atoms with Crippen LogP contribution in [0.2, 0.25) is 0 Å². The molecule has 1 N–H and O–H groups in total. The smallest absolute Gasteiger partial charge is 0.239 e. The van der Waals surface area contributed by atoms with E-state index in [4.69, 9.17) is 0 Å². The molecule has 3 nitrogen and oxygen atoms in total. The Labute approximate surface area is 106 Å². The molecule has 0 aromatic rings. The van der Waals surface area contributed by atoms with Crippen molar-refractivity contribution in [1.82, 2.24) is 10.2 Å². The molecule has 0 heterocycles. The molecule has 0 bridgehead atoms. The van der Waals surface area contributed by atoms with Crippen molar-refractivity contribution in [2.75, 3.05) is 13.6 Å². The lowest BCUT2D eigenvalue weighted by Crippen LogP contribution is -2.52. The highest BCUT2D eigenvalue weighted by molar-refractivity contribution is 5.81. The van der Waals surface area contributed by atoms with Crippen molar-refractivity contribution in [2.45, 2.75) is 59.0 Å². The molecule has 0 spiro atoms. The summed E-state index contributed by atoms with van der Waals surface area (Å²) in [6, 6.07) is 0.431. The molecule has 1 amide bonds. The van der Waals surface area contributed by atoms with Gasteiger partial charge in [0, 0.05) is 19.6 Å². The molecular weight excluding hydrogens is 212 g/mol. The molecule has 100 valence electrons. The average molecular weight is 240 g/mol. The molecule has 0 saturated heterocycles. The maximum Gasteiger partial charge on any atom is 0.239 e. The van der Waals surface area contributed by atoms with Crippen molar-refractivity contribution in [1.29, 1.82) is 0 Å². The van der Waals surface area contributed by atoms with Gasteiger partial charge in [-0.3, -0.25) is 4.79 Å². The van der Waals surface area contributed by atoms with Gasteiger partial charge in [0.15, 0.2) is 0 Å². The standard InChI is InChI=1S/C14H28N2O/c1-6-16(5)14(17)12(4)15-13-10(2)8-7-9-11(13)3/h10-13,15H,6-9H2,1-5H3. The van der Waals surface area contributed by atoms with E-state index in [0.717, 1.165) is 6.54 Å². The van der Waals surface area contributed by atoms with Crippen LogP contribution >= 0.6 is 0 Å². The maximum atomic E-state index is 12.0. The van der Waals surface area contributed by atoms with E-state index in [0.29, 0.717) is 17.9 Å². The minimum atomic E-state index is -0.0621. The van der Waals surface area contributed by atoms with Gasteiger partial charge in [0.05, 0.1) is 6.04 Å². The van der Waals surface area contributed by atoms with Crippen molar-refractivity contribution in [3.05, 3.63) is 0 Å². The number of rotatable bonds is 4. The Morgan fingerprint density at radius 3 is 2.35 bits per heavy atom. The lowest BCUT2D eigenvalue weighted by atomic mass is 9.78. The maximum absolute atomic E-state index is 12.0. The van der Waals surface area contributed by atoms with Gasteiger partial charge in [-0.05, 0) is 38.5 Å². The summed E-state index contributed by atoms with van der Waals surface area (Å²) in [5.41, 5.74) is 0. The van der Waals surface area contributed by atoms with Crippen LogP contribution in [0.5, 0.6) is 0 Å². The molecule has 1 aliphatic rings. The first kappa shape index (κ1) is 14.5. The Bertz CT molecular complexity index is 245. The fraction of sp³-hybridized carbons (Fsp3) is 0.929. The second-order valence-corrected chi connectivity index (χ2v) is 5.65. The van der Waals surface area contributed by atoms with Crippen molar-refractivity contribution in [3.8, 4) is 0 Å². The van der Waals surface area contributed by atoms with Crippen molar-refractivity contribution in [2.24, 2.45) is 11.8 Å². The van der Waals surface area contributed by atoms with Crippen LogP contribution in [0.3, 0.4) is 0 Å². The monoisotopic (exact) mass is 240 g/mol. The molecule has 0 aromatic heterocycles. The van der Waals surface area contributed by atoms with E-state index in [9.17, 15) is 4.79 Å². The third-order valence-electron chi connectivity index (χ3n) is 4.21. The predicted octanol–water partition coefficient (Wildman–Crippen LogP) is 2.27. The highest BCUT2D eigenvalue weighted by atomic mass is 16.2. The van der Waals surface area contributed by atoms with E-state index in [1.165, 1.54) is 19.3 Å². The first-order chi connectivity index (χ1) is 7.97. The second-order valence-electron chi connectivity index (χ2n) is 5.65. The van der Waals surface area contributed by atoms with E-state index in [-0.39, 0.29) is 11.9 Å². The zero-order chi connectivity index (χ0) is 13.0. The van der Waals surface area contributed by atoms with Gasteiger partial charge in [-0.15, -0.1) is 0 Å². The topological polar surface area (TPSA) is 32.3 Å². The molecule has 17 heavy (non-hydrogen) atoms. The van der Waals surface area contributed by atoms with Crippen LogP contribution in [0.1, 0.15) is 47.0 Å². The molecule has 3 heteroatoms. The van der Waals surface area contributed by atoms with Gasteiger partial charge in [0.2, 0.25) is 5.91 Å². The summed E-state index contributed by atoms with van der Waals surface area (Å²) >= 11 is 0. The normalized spacial score (nSPS) is 31.0. The van der Waals surface area contributed by atoms with Crippen LogP contribution in [0.4, 0.5) is 0 Å². The molecule has 0 aromatic carbocycles. The fourth-order valence-corrected chi connectivity index (χ4v) is 2.86. The number of likely N-dealkylation sites (N-methyl/N-ethyl adjacent to an activating group) is 1. The number of hydrogen-bond acceptors (Lipinski definition) is 2. The second kappa shape index (κ2) is 6.39. The van der Waals surface area contributed by atoms with Gasteiger partial charge in [-0.1, -0.05) is 20.3 Å². The third-order valence-corrected chi connectivity index (χ3v) is 4.21. The summed E-state index contributed by atoms with van der Waals surface area (Å²) in [5.74, 6) is 1.57. The first-order valence-corrected chi connectivity index (χ1v) is 6.98. The molecule has 1 aliphatic carbocycles. The number of carbonyl (C=O) groups is 1. The highest BCUT2D eigenvalue weighted by Crippen LogP contribution is 2.29. The number of hydrogen-bond donors (Lipinski definition) is 1. The fourth-order valence-electron chi connectivity index (χ4n) is 2.86. The number of nitrogens with zero attached hydrogens (tertiary/aromatic N) is 1. The van der Waals surface area contributed by atoms with Crippen LogP contribution in [0.15, 0.2) is 0 Å². The summed E-state index contributed by atoms with van der Waals surface area (Å²) < 4.78 is 0. The van der Waals surface area contributed by atoms with Crippen LogP contribution in [-0.4, -0.2) is 36.5 Å². The van der Waals surface area contributed by atoms with Crippen molar-refractivity contribution >= 4 is 5.91 Å². The Morgan fingerprint density at radius 2 is 1.88 bits per heavy atom. The molecule has 1 rings (SSSR count). The first-order valence-electron chi connectivity index (χ1n) is 6.98. The lowest BCUT2D eigenvalue weighted by Gasteiger charge is -2.37. The van der Waals surface area contributed by atoms with Crippen LogP contribution < -0.4 is 5.32 Å². The number of amides is 1. The highest BCUT2D eigenvalue weighted by Gasteiger charge is 2.30. The zero-order valence-electron chi connectivity index (χ0n) is 12.0. The van der Waals surface area contributed by atoms with Gasteiger partial charge in [0.1, 0.15) is 0 Å². The van der Waals surface area contributed by atoms with Crippen molar-refractivity contribution in [3.63, 3.8) is 0 Å². The summed E-state index contributed by atoms with van der Waals surface area (Å²) in [6.07, 6.45) is 3.90. The molecule has 1 saturated carbocycles. The van der Waals surface area contributed by atoms with E-state index in [1.54, 1.807) is 4.90 Å². The Morgan fingerprint density at radius 1 is 1.35 bits per heavy atom. The third kappa shape index (κ3) is 3.70. The minimum absolute atomic E-state index is 0.0621. The SMILES string of the molecule is CCN(C)C(=O)C(C)NC1C(C)CCCC1C. The van der Waals surface area contributed by atoms with Gasteiger partial charge in [-0.2, -0.15) is 0 Å². The minimum Gasteiger partial charge on any atom is -0.345 e. The van der Waals surface area contributed by atoms with Gasteiger partial charge < -0.3 is 10.2 Å². The van der Waals surface area contributed by atoms with E-state index >= 15 is 0 Å². The van der Waals surface area contributed by atoms with Gasteiger partial charge in [0.25, 0.3) is 0 Å². The Hall–Kier alpha value is -0.570. The summed E-state index contributed by atoms with van der Waals surface area (Å²) in [5, 5.41) is 3.54. The van der Waals surface area contributed by atoms with Crippen LogP contribution in [0.25, 0.3) is 0 Å². The molecule has 1 fully saturated rings.